The minimum atomic E-state index is -1.11. The zero-order chi connectivity index (χ0) is 18.6. The van der Waals surface area contributed by atoms with E-state index >= 15 is 0 Å². The van der Waals surface area contributed by atoms with Gasteiger partial charge < -0.3 is 0 Å². The summed E-state index contributed by atoms with van der Waals surface area (Å²) in [4.78, 5) is 20.2. The molecule has 0 atom stereocenters. The smallest absolute Gasteiger partial charge is 0.267 e. The first-order valence-corrected chi connectivity index (χ1v) is 7.46. The molecule has 0 saturated carbocycles. The van der Waals surface area contributed by atoms with Crippen LogP contribution in [-0.2, 0) is 0 Å². The van der Waals surface area contributed by atoms with E-state index in [4.69, 9.17) is 5.26 Å². The van der Waals surface area contributed by atoms with E-state index in [9.17, 15) is 13.6 Å². The summed E-state index contributed by atoms with van der Waals surface area (Å²) in [6.45, 7) is 6.23. The molecule has 1 aromatic heterocycles. The number of hydrogen-bond acceptors (Lipinski definition) is 5. The molecule has 2 rings (SSSR count). The normalized spacial score (nSPS) is 10.9. The standard InChI is InChI=1S/C17H17F2N5O/c1-17(2,3)10-24(15-6-7-21-14(9-20)22-15)23-16(25)11-4-5-12(18)13(19)8-11/h4-8H,10H2,1-3H3,(H,23,25). The summed E-state index contributed by atoms with van der Waals surface area (Å²) >= 11 is 0. The lowest BCUT2D eigenvalue weighted by Crippen LogP contribution is -2.47. The van der Waals surface area contributed by atoms with Crippen molar-refractivity contribution in [2.75, 3.05) is 11.6 Å². The highest BCUT2D eigenvalue weighted by Crippen LogP contribution is 2.19. The summed E-state index contributed by atoms with van der Waals surface area (Å²) in [6.07, 6.45) is 1.40. The van der Waals surface area contributed by atoms with Crippen LogP contribution in [0.25, 0.3) is 0 Å². The van der Waals surface area contributed by atoms with Gasteiger partial charge in [-0.3, -0.25) is 15.2 Å². The maximum Gasteiger partial charge on any atom is 0.269 e. The summed E-state index contributed by atoms with van der Waals surface area (Å²) in [5.74, 6) is -2.49. The van der Waals surface area contributed by atoms with Crippen molar-refractivity contribution in [1.82, 2.24) is 15.4 Å². The number of carbonyl (C=O) groups excluding carboxylic acids is 1. The lowest BCUT2D eigenvalue weighted by molar-refractivity contribution is 0.0944. The van der Waals surface area contributed by atoms with Gasteiger partial charge in [-0.05, 0) is 23.6 Å². The highest BCUT2D eigenvalue weighted by Gasteiger charge is 2.21. The Morgan fingerprint density at radius 2 is 2.00 bits per heavy atom. The van der Waals surface area contributed by atoms with E-state index in [1.807, 2.05) is 26.8 Å². The number of nitrogens with one attached hydrogen (secondary N) is 1. The third-order valence-electron chi connectivity index (χ3n) is 3.07. The second-order valence-electron chi connectivity index (χ2n) is 6.57. The van der Waals surface area contributed by atoms with Crippen molar-refractivity contribution < 1.29 is 13.6 Å². The van der Waals surface area contributed by atoms with E-state index < -0.39 is 17.5 Å². The topological polar surface area (TPSA) is 81.9 Å². The van der Waals surface area contributed by atoms with Crippen LogP contribution in [0.4, 0.5) is 14.6 Å². The third-order valence-corrected chi connectivity index (χ3v) is 3.07. The van der Waals surface area contributed by atoms with Gasteiger partial charge in [0.2, 0.25) is 5.82 Å². The molecular formula is C17H17F2N5O. The van der Waals surface area contributed by atoms with Crippen molar-refractivity contribution in [2.24, 2.45) is 5.41 Å². The Kier molecular flexibility index (Phi) is 5.27. The predicted octanol–water partition coefficient (Wildman–Crippen LogP) is 2.82. The maximum absolute atomic E-state index is 13.3. The molecule has 1 aromatic carbocycles. The molecule has 130 valence electrons. The molecule has 0 saturated heterocycles. The first-order chi connectivity index (χ1) is 11.7. The van der Waals surface area contributed by atoms with Crippen molar-refractivity contribution in [3.63, 3.8) is 0 Å². The van der Waals surface area contributed by atoms with Crippen LogP contribution in [0.3, 0.4) is 0 Å². The molecule has 0 aliphatic rings. The van der Waals surface area contributed by atoms with Crippen LogP contribution in [0.2, 0.25) is 0 Å². The van der Waals surface area contributed by atoms with Crippen molar-refractivity contribution in [1.29, 1.82) is 5.26 Å². The van der Waals surface area contributed by atoms with Gasteiger partial charge in [0.05, 0.1) is 0 Å². The SMILES string of the molecule is CC(C)(C)CN(NC(=O)c1ccc(F)c(F)c1)c1ccnc(C#N)n1. The highest BCUT2D eigenvalue weighted by molar-refractivity contribution is 5.95. The van der Waals surface area contributed by atoms with Crippen molar-refractivity contribution in [3.05, 3.63) is 53.5 Å². The van der Waals surface area contributed by atoms with E-state index in [-0.39, 0.29) is 16.8 Å². The van der Waals surface area contributed by atoms with E-state index in [0.29, 0.717) is 12.4 Å². The second kappa shape index (κ2) is 7.21. The van der Waals surface area contributed by atoms with Gasteiger partial charge in [-0.25, -0.2) is 13.8 Å². The molecule has 0 radical (unpaired) electrons. The quantitative estimate of drug-likeness (QED) is 0.862. The highest BCUT2D eigenvalue weighted by atomic mass is 19.2. The molecule has 0 aliphatic heterocycles. The molecule has 0 unspecified atom stereocenters. The Bertz CT molecular complexity index is 827. The van der Waals surface area contributed by atoms with Gasteiger partial charge in [0.25, 0.3) is 5.91 Å². The van der Waals surface area contributed by atoms with E-state index in [2.05, 4.69) is 15.4 Å². The zero-order valence-corrected chi connectivity index (χ0v) is 14.0. The molecule has 0 fully saturated rings. The number of rotatable bonds is 4. The maximum atomic E-state index is 13.3. The van der Waals surface area contributed by atoms with Crippen LogP contribution in [0, 0.1) is 28.4 Å². The van der Waals surface area contributed by atoms with Gasteiger partial charge in [-0.2, -0.15) is 10.2 Å². The fraction of sp³-hybridized carbons (Fsp3) is 0.294. The molecule has 6 nitrogen and oxygen atoms in total. The first-order valence-electron chi connectivity index (χ1n) is 7.46. The Hall–Kier alpha value is -3.08. The van der Waals surface area contributed by atoms with Crippen LogP contribution in [0.15, 0.2) is 30.5 Å². The van der Waals surface area contributed by atoms with Gasteiger partial charge in [0, 0.05) is 24.4 Å². The number of halogens is 2. The number of hydrogen-bond donors (Lipinski definition) is 1. The van der Waals surface area contributed by atoms with Crippen LogP contribution in [-0.4, -0.2) is 22.4 Å². The summed E-state index contributed by atoms with van der Waals surface area (Å²) < 4.78 is 26.4. The number of carbonyl (C=O) groups is 1. The van der Waals surface area contributed by atoms with Crippen molar-refractivity contribution in [2.45, 2.75) is 20.8 Å². The Balaban J connectivity index is 2.30. The molecule has 0 aliphatic carbocycles. The van der Waals surface area contributed by atoms with E-state index in [0.717, 1.165) is 12.1 Å². The largest absolute Gasteiger partial charge is 0.269 e. The number of nitrogens with zero attached hydrogens (tertiary/aromatic N) is 4. The molecule has 1 amide bonds. The van der Waals surface area contributed by atoms with E-state index in [1.54, 1.807) is 0 Å². The summed E-state index contributed by atoms with van der Waals surface area (Å²) in [7, 11) is 0. The number of aromatic nitrogens is 2. The monoisotopic (exact) mass is 345 g/mol. The number of amides is 1. The average Bonchev–Trinajstić information content (AvgIpc) is 2.55. The molecule has 1 N–H and O–H groups in total. The van der Waals surface area contributed by atoms with E-state index in [1.165, 1.54) is 23.3 Å². The predicted molar refractivity (Wildman–Crippen MR) is 87.4 cm³/mol. The van der Waals surface area contributed by atoms with Crippen LogP contribution in [0.1, 0.15) is 37.0 Å². The summed E-state index contributed by atoms with van der Waals surface area (Å²) in [5.41, 5.74) is 2.35. The Morgan fingerprint density at radius 3 is 2.60 bits per heavy atom. The van der Waals surface area contributed by atoms with Gasteiger partial charge >= 0.3 is 0 Å². The zero-order valence-electron chi connectivity index (χ0n) is 14.0. The molecule has 0 spiro atoms. The van der Waals surface area contributed by atoms with Crippen LogP contribution >= 0.6 is 0 Å². The van der Waals surface area contributed by atoms with Crippen molar-refractivity contribution in [3.8, 4) is 6.07 Å². The number of anilines is 1. The van der Waals surface area contributed by atoms with Gasteiger partial charge in [-0.15, -0.1) is 0 Å². The van der Waals surface area contributed by atoms with Gasteiger partial charge in [0.15, 0.2) is 17.5 Å². The minimum absolute atomic E-state index is 0.0348. The van der Waals surface area contributed by atoms with Crippen LogP contribution < -0.4 is 10.4 Å². The lowest BCUT2D eigenvalue weighted by atomic mass is 9.97. The molecule has 8 heteroatoms. The lowest BCUT2D eigenvalue weighted by Gasteiger charge is -2.30. The fourth-order valence-corrected chi connectivity index (χ4v) is 2.03. The average molecular weight is 345 g/mol. The summed E-state index contributed by atoms with van der Waals surface area (Å²) in [6, 6.07) is 6.26. The van der Waals surface area contributed by atoms with Crippen LogP contribution in [0.5, 0.6) is 0 Å². The third kappa shape index (κ3) is 4.94. The minimum Gasteiger partial charge on any atom is -0.267 e. The Morgan fingerprint density at radius 1 is 1.28 bits per heavy atom. The molecular weight excluding hydrogens is 328 g/mol. The first kappa shape index (κ1) is 18.3. The number of nitriles is 1. The van der Waals surface area contributed by atoms with Gasteiger partial charge in [-0.1, -0.05) is 20.8 Å². The molecule has 1 heterocycles. The second-order valence-corrected chi connectivity index (χ2v) is 6.57. The molecule has 25 heavy (non-hydrogen) atoms. The summed E-state index contributed by atoms with van der Waals surface area (Å²) in [5, 5.41) is 10.4. The number of benzene rings is 1. The Labute approximate surface area is 144 Å². The molecule has 0 bridgehead atoms. The van der Waals surface area contributed by atoms with Crippen molar-refractivity contribution >= 4 is 11.7 Å². The molecule has 2 aromatic rings. The number of hydrazine groups is 1. The van der Waals surface area contributed by atoms with Gasteiger partial charge in [0.1, 0.15) is 6.07 Å². The fourth-order valence-electron chi connectivity index (χ4n) is 2.03.